The SMILES string of the molecule is O=C1CCC2CN(CCN3CCNCC3)CCN12. The molecule has 3 heterocycles. The van der Waals surface area contributed by atoms with Crippen LogP contribution in [0.2, 0.25) is 0 Å². The molecule has 1 amide bonds. The highest BCUT2D eigenvalue weighted by Gasteiger charge is 2.35. The highest BCUT2D eigenvalue weighted by atomic mass is 16.2. The van der Waals surface area contributed by atoms with E-state index in [0.29, 0.717) is 11.9 Å². The largest absolute Gasteiger partial charge is 0.337 e. The second-order valence-electron chi connectivity index (χ2n) is 5.67. The summed E-state index contributed by atoms with van der Waals surface area (Å²) in [4.78, 5) is 18.8. The van der Waals surface area contributed by atoms with E-state index in [2.05, 4.69) is 20.0 Å². The molecule has 0 saturated carbocycles. The van der Waals surface area contributed by atoms with Gasteiger partial charge < -0.3 is 10.2 Å². The van der Waals surface area contributed by atoms with Crippen molar-refractivity contribution in [3.63, 3.8) is 0 Å². The van der Waals surface area contributed by atoms with Gasteiger partial charge in [0.1, 0.15) is 0 Å². The van der Waals surface area contributed by atoms with Crippen molar-refractivity contribution >= 4 is 5.91 Å². The van der Waals surface area contributed by atoms with Crippen LogP contribution in [0.5, 0.6) is 0 Å². The molecule has 5 nitrogen and oxygen atoms in total. The van der Waals surface area contributed by atoms with Crippen molar-refractivity contribution in [2.45, 2.75) is 18.9 Å². The maximum absolute atomic E-state index is 11.6. The number of rotatable bonds is 3. The monoisotopic (exact) mass is 252 g/mol. The average molecular weight is 252 g/mol. The first-order valence-electron chi connectivity index (χ1n) is 7.28. The molecular formula is C13H24N4O. The number of fused-ring (bicyclic) bond motifs is 1. The van der Waals surface area contributed by atoms with Crippen molar-refractivity contribution in [2.75, 3.05) is 58.9 Å². The zero-order chi connectivity index (χ0) is 12.4. The Morgan fingerprint density at radius 3 is 2.67 bits per heavy atom. The second-order valence-corrected chi connectivity index (χ2v) is 5.67. The number of amides is 1. The van der Waals surface area contributed by atoms with Gasteiger partial charge in [0.05, 0.1) is 0 Å². The zero-order valence-electron chi connectivity index (χ0n) is 11.1. The topological polar surface area (TPSA) is 38.8 Å². The summed E-state index contributed by atoms with van der Waals surface area (Å²) in [5, 5.41) is 3.39. The van der Waals surface area contributed by atoms with Crippen LogP contribution < -0.4 is 5.32 Å². The van der Waals surface area contributed by atoms with Crippen LogP contribution in [0.1, 0.15) is 12.8 Å². The number of nitrogens with one attached hydrogen (secondary N) is 1. The molecule has 0 spiro atoms. The first kappa shape index (κ1) is 12.4. The number of nitrogens with zero attached hydrogens (tertiary/aromatic N) is 3. The van der Waals surface area contributed by atoms with Crippen molar-refractivity contribution < 1.29 is 4.79 Å². The van der Waals surface area contributed by atoms with E-state index in [-0.39, 0.29) is 0 Å². The number of hydrogen-bond donors (Lipinski definition) is 1. The first-order chi connectivity index (χ1) is 8.83. The highest BCUT2D eigenvalue weighted by Crippen LogP contribution is 2.22. The molecule has 18 heavy (non-hydrogen) atoms. The molecule has 0 radical (unpaired) electrons. The summed E-state index contributed by atoms with van der Waals surface area (Å²) in [6, 6.07) is 0.509. The molecule has 3 aliphatic rings. The minimum Gasteiger partial charge on any atom is -0.337 e. The van der Waals surface area contributed by atoms with Crippen LogP contribution in [0.25, 0.3) is 0 Å². The Labute approximate surface area is 109 Å². The van der Waals surface area contributed by atoms with Gasteiger partial charge in [0.15, 0.2) is 0 Å². The fourth-order valence-corrected chi connectivity index (χ4v) is 3.35. The van der Waals surface area contributed by atoms with Crippen molar-refractivity contribution in [2.24, 2.45) is 0 Å². The Hall–Kier alpha value is -0.650. The van der Waals surface area contributed by atoms with E-state index in [1.54, 1.807) is 0 Å². The van der Waals surface area contributed by atoms with Gasteiger partial charge in [0, 0.05) is 71.4 Å². The molecule has 0 aromatic carbocycles. The lowest BCUT2D eigenvalue weighted by molar-refractivity contribution is -0.130. The molecule has 0 aliphatic carbocycles. The molecule has 1 N–H and O–H groups in total. The molecule has 3 rings (SSSR count). The minimum absolute atomic E-state index is 0.377. The Balaban J connectivity index is 1.43. The van der Waals surface area contributed by atoms with Gasteiger partial charge in [-0.05, 0) is 6.42 Å². The Kier molecular flexibility index (Phi) is 3.82. The van der Waals surface area contributed by atoms with Gasteiger partial charge in [-0.3, -0.25) is 14.6 Å². The van der Waals surface area contributed by atoms with Crippen LogP contribution in [0.3, 0.4) is 0 Å². The lowest BCUT2D eigenvalue weighted by atomic mass is 10.1. The van der Waals surface area contributed by atoms with E-state index < -0.39 is 0 Å². The van der Waals surface area contributed by atoms with Crippen LogP contribution in [-0.4, -0.2) is 85.6 Å². The van der Waals surface area contributed by atoms with Gasteiger partial charge in [-0.15, -0.1) is 0 Å². The first-order valence-corrected chi connectivity index (χ1v) is 7.28. The zero-order valence-corrected chi connectivity index (χ0v) is 11.1. The molecule has 1 unspecified atom stereocenters. The number of hydrogen-bond acceptors (Lipinski definition) is 4. The number of piperazine rings is 2. The summed E-state index contributed by atoms with van der Waals surface area (Å²) in [5.41, 5.74) is 0. The highest BCUT2D eigenvalue weighted by molar-refractivity contribution is 5.78. The van der Waals surface area contributed by atoms with E-state index in [0.717, 1.165) is 45.6 Å². The van der Waals surface area contributed by atoms with E-state index in [1.807, 2.05) is 0 Å². The normalized spacial score (nSPS) is 30.8. The van der Waals surface area contributed by atoms with Crippen molar-refractivity contribution in [3.05, 3.63) is 0 Å². The van der Waals surface area contributed by atoms with Gasteiger partial charge in [-0.1, -0.05) is 0 Å². The maximum atomic E-state index is 11.6. The molecule has 0 aromatic heterocycles. The van der Waals surface area contributed by atoms with Crippen LogP contribution in [0.15, 0.2) is 0 Å². The van der Waals surface area contributed by atoms with Gasteiger partial charge in [0.2, 0.25) is 5.91 Å². The third-order valence-electron chi connectivity index (χ3n) is 4.52. The van der Waals surface area contributed by atoms with E-state index >= 15 is 0 Å². The van der Waals surface area contributed by atoms with E-state index in [1.165, 1.54) is 26.2 Å². The average Bonchev–Trinajstić information content (AvgIpc) is 2.79. The van der Waals surface area contributed by atoms with E-state index in [4.69, 9.17) is 0 Å². The third kappa shape index (κ3) is 2.68. The predicted octanol–water partition coefficient (Wildman–Crippen LogP) is -0.802. The number of carbonyl (C=O) groups is 1. The minimum atomic E-state index is 0.377. The smallest absolute Gasteiger partial charge is 0.222 e. The van der Waals surface area contributed by atoms with Crippen molar-refractivity contribution in [1.82, 2.24) is 20.0 Å². The molecule has 5 heteroatoms. The van der Waals surface area contributed by atoms with Gasteiger partial charge in [0.25, 0.3) is 0 Å². The van der Waals surface area contributed by atoms with Crippen molar-refractivity contribution in [1.29, 1.82) is 0 Å². The van der Waals surface area contributed by atoms with Crippen LogP contribution in [0, 0.1) is 0 Å². The Bertz CT molecular complexity index is 303. The molecule has 0 bridgehead atoms. The lowest BCUT2D eigenvalue weighted by Gasteiger charge is -2.38. The van der Waals surface area contributed by atoms with Crippen LogP contribution in [-0.2, 0) is 4.79 Å². The Morgan fingerprint density at radius 1 is 1.06 bits per heavy atom. The molecule has 1 atom stereocenters. The summed E-state index contributed by atoms with van der Waals surface area (Å²) >= 11 is 0. The second kappa shape index (κ2) is 5.55. The maximum Gasteiger partial charge on any atom is 0.222 e. The Morgan fingerprint density at radius 2 is 1.83 bits per heavy atom. The van der Waals surface area contributed by atoms with Gasteiger partial charge in [-0.25, -0.2) is 0 Å². The third-order valence-corrected chi connectivity index (χ3v) is 4.52. The summed E-state index contributed by atoms with van der Waals surface area (Å²) in [7, 11) is 0. The molecule has 3 saturated heterocycles. The predicted molar refractivity (Wildman–Crippen MR) is 70.5 cm³/mol. The fraction of sp³-hybridized carbons (Fsp3) is 0.923. The van der Waals surface area contributed by atoms with E-state index in [9.17, 15) is 4.79 Å². The summed E-state index contributed by atoms with van der Waals surface area (Å²) in [5.74, 6) is 0.377. The quantitative estimate of drug-likeness (QED) is 0.714. The summed E-state index contributed by atoms with van der Waals surface area (Å²) < 4.78 is 0. The summed E-state index contributed by atoms with van der Waals surface area (Å²) in [6.07, 6.45) is 1.85. The lowest BCUT2D eigenvalue weighted by Crippen LogP contribution is -2.53. The van der Waals surface area contributed by atoms with Gasteiger partial charge >= 0.3 is 0 Å². The molecule has 102 valence electrons. The fourth-order valence-electron chi connectivity index (χ4n) is 3.35. The van der Waals surface area contributed by atoms with Gasteiger partial charge in [-0.2, -0.15) is 0 Å². The van der Waals surface area contributed by atoms with Crippen LogP contribution in [0.4, 0.5) is 0 Å². The molecular weight excluding hydrogens is 228 g/mol. The summed E-state index contributed by atoms with van der Waals surface area (Å²) in [6.45, 7) is 10.1. The molecule has 3 fully saturated rings. The van der Waals surface area contributed by atoms with Crippen molar-refractivity contribution in [3.8, 4) is 0 Å². The standard InChI is InChI=1S/C13H24N4O/c18-13-2-1-12-11-16(9-10-17(12)13)8-7-15-5-3-14-4-6-15/h12,14H,1-11H2. The molecule has 0 aromatic rings. The number of carbonyl (C=O) groups excluding carboxylic acids is 1. The van der Waals surface area contributed by atoms with Crippen LogP contribution >= 0.6 is 0 Å². The molecule has 3 aliphatic heterocycles.